The largest absolute Gasteiger partial charge is 0.496 e. The highest BCUT2D eigenvalue weighted by Crippen LogP contribution is 2.58. The molecule has 0 unspecified atom stereocenters. The zero-order valence-electron chi connectivity index (χ0n) is 21.8. The minimum absolute atomic E-state index is 0.0285. The number of amides is 1. The molecule has 2 atom stereocenters. The Labute approximate surface area is 224 Å². The molecule has 0 radical (unpaired) electrons. The lowest BCUT2D eigenvalue weighted by Gasteiger charge is -2.42. The molecule has 0 aliphatic carbocycles. The number of nitrogens with one attached hydrogen (secondary N) is 1. The Balaban J connectivity index is 2.25. The molecule has 2 aromatic rings. The molecule has 2 aromatic carbocycles. The van der Waals surface area contributed by atoms with E-state index in [0.29, 0.717) is 23.3 Å². The van der Waals surface area contributed by atoms with Crippen molar-refractivity contribution in [3.8, 4) is 5.75 Å². The van der Waals surface area contributed by atoms with Crippen LogP contribution in [-0.2, 0) is 9.59 Å². The number of aliphatic carboxylic acids is 2. The first-order valence-corrected chi connectivity index (χ1v) is 14.2. The minimum Gasteiger partial charge on any atom is -0.496 e. The van der Waals surface area contributed by atoms with Crippen LogP contribution < -0.4 is 10.1 Å². The van der Waals surface area contributed by atoms with Gasteiger partial charge in [0.05, 0.1) is 29.4 Å². The third-order valence-corrected chi connectivity index (χ3v) is 8.92. The van der Waals surface area contributed by atoms with Gasteiger partial charge in [-0.25, -0.2) is 0 Å². The average Bonchev–Trinajstić information content (AvgIpc) is 2.97. The molecule has 0 saturated carbocycles. The number of hydrogen-bond acceptors (Lipinski definition) is 7. The predicted molar refractivity (Wildman–Crippen MR) is 144 cm³/mol. The summed E-state index contributed by atoms with van der Waals surface area (Å²) in [6.07, 6.45) is 3.15. The first-order valence-electron chi connectivity index (χ1n) is 12.5. The Hall–Kier alpha value is -3.12. The van der Waals surface area contributed by atoms with E-state index in [1.807, 2.05) is 37.3 Å². The van der Waals surface area contributed by atoms with Gasteiger partial charge in [0.2, 0.25) is 0 Å². The van der Waals surface area contributed by atoms with Crippen molar-refractivity contribution in [2.45, 2.75) is 56.0 Å². The zero-order chi connectivity index (χ0) is 28.1. The standard InChI is InChI=1S/C27H36N2O8S/c1-4-6-12-27(5-2)17-38(35,36)22-14-19(26(34)29(15-23(30)31)16-24(32)33)21(37-3)13-20(22)25(28-27)18-10-8-7-9-11-18/h7-11,13-14,25,28,35-36H,4-6,12,15-17H2,1-3H3,(H,30,31)(H,32,33)/t25-,27-/m1/s1. The lowest BCUT2D eigenvalue weighted by atomic mass is 9.88. The molecule has 0 fully saturated rings. The molecule has 38 heavy (non-hydrogen) atoms. The minimum atomic E-state index is -3.44. The maximum Gasteiger partial charge on any atom is 0.323 e. The van der Waals surface area contributed by atoms with E-state index in [-0.39, 0.29) is 22.0 Å². The van der Waals surface area contributed by atoms with Gasteiger partial charge in [-0.3, -0.25) is 28.8 Å². The van der Waals surface area contributed by atoms with E-state index in [1.165, 1.54) is 13.2 Å². The fourth-order valence-corrected chi connectivity index (χ4v) is 7.17. The molecule has 1 aliphatic rings. The van der Waals surface area contributed by atoms with Crippen LogP contribution in [0.4, 0.5) is 0 Å². The summed E-state index contributed by atoms with van der Waals surface area (Å²) >= 11 is 0. The molecule has 1 amide bonds. The Bertz CT molecular complexity index is 1160. The van der Waals surface area contributed by atoms with Crippen LogP contribution in [0.2, 0.25) is 0 Å². The number of nitrogens with zero attached hydrogens (tertiary/aromatic N) is 1. The van der Waals surface area contributed by atoms with Crippen molar-refractivity contribution in [2.24, 2.45) is 0 Å². The first-order chi connectivity index (χ1) is 18.0. The zero-order valence-corrected chi connectivity index (χ0v) is 22.7. The number of benzene rings is 2. The van der Waals surface area contributed by atoms with Crippen molar-refractivity contribution >= 4 is 28.4 Å². The van der Waals surface area contributed by atoms with Crippen molar-refractivity contribution in [1.29, 1.82) is 0 Å². The second-order valence-corrected chi connectivity index (χ2v) is 11.6. The van der Waals surface area contributed by atoms with Gasteiger partial charge < -0.3 is 19.8 Å². The molecule has 5 N–H and O–H groups in total. The number of hydrogen-bond donors (Lipinski definition) is 5. The molecule has 3 rings (SSSR count). The van der Waals surface area contributed by atoms with Crippen LogP contribution in [0, 0.1) is 0 Å². The Kier molecular flexibility index (Phi) is 9.42. The second-order valence-electron chi connectivity index (χ2n) is 9.58. The van der Waals surface area contributed by atoms with E-state index in [0.717, 1.165) is 18.4 Å². The van der Waals surface area contributed by atoms with Gasteiger partial charge in [-0.2, -0.15) is 10.6 Å². The summed E-state index contributed by atoms with van der Waals surface area (Å²) in [5.74, 6) is -3.55. The van der Waals surface area contributed by atoms with Gasteiger partial charge in [0.1, 0.15) is 18.8 Å². The fourth-order valence-electron chi connectivity index (χ4n) is 4.95. The number of carbonyl (C=O) groups is 3. The summed E-state index contributed by atoms with van der Waals surface area (Å²) in [5.41, 5.74) is 0.668. The maximum atomic E-state index is 13.4. The van der Waals surface area contributed by atoms with Crippen molar-refractivity contribution in [1.82, 2.24) is 10.2 Å². The number of methoxy groups -OCH3 is 1. The molecule has 208 valence electrons. The number of carboxylic acids is 2. The van der Waals surface area contributed by atoms with E-state index in [2.05, 4.69) is 12.2 Å². The molecule has 11 heteroatoms. The van der Waals surface area contributed by atoms with Gasteiger partial charge >= 0.3 is 11.9 Å². The Morgan fingerprint density at radius 3 is 2.24 bits per heavy atom. The van der Waals surface area contributed by atoms with Crippen molar-refractivity contribution in [2.75, 3.05) is 26.0 Å². The van der Waals surface area contributed by atoms with Gasteiger partial charge in [0.15, 0.2) is 0 Å². The molecular formula is C27H36N2O8S. The van der Waals surface area contributed by atoms with Gasteiger partial charge in [-0.1, -0.05) is 57.0 Å². The van der Waals surface area contributed by atoms with E-state index in [4.69, 9.17) is 4.74 Å². The van der Waals surface area contributed by atoms with Crippen LogP contribution in [0.15, 0.2) is 47.4 Å². The van der Waals surface area contributed by atoms with E-state index in [9.17, 15) is 33.7 Å². The number of ether oxygens (including phenoxy) is 1. The van der Waals surface area contributed by atoms with Gasteiger partial charge in [0, 0.05) is 11.1 Å². The maximum absolute atomic E-state index is 13.4. The van der Waals surface area contributed by atoms with Crippen LogP contribution in [0.3, 0.4) is 0 Å². The molecule has 0 spiro atoms. The summed E-state index contributed by atoms with van der Waals surface area (Å²) in [4.78, 5) is 36.9. The summed E-state index contributed by atoms with van der Waals surface area (Å²) < 4.78 is 28.7. The number of carboxylic acid groups (broad SMARTS) is 2. The third kappa shape index (κ3) is 6.47. The number of carbonyl (C=O) groups excluding carboxylic acids is 1. The van der Waals surface area contributed by atoms with E-state index >= 15 is 0 Å². The number of unbranched alkanes of at least 4 members (excludes halogenated alkanes) is 1. The highest BCUT2D eigenvalue weighted by atomic mass is 32.3. The summed E-state index contributed by atoms with van der Waals surface area (Å²) in [5, 5.41) is 22.2. The smallest absolute Gasteiger partial charge is 0.323 e. The normalized spacial score (nSPS) is 21.0. The third-order valence-electron chi connectivity index (χ3n) is 6.91. The van der Waals surface area contributed by atoms with Crippen LogP contribution in [0.1, 0.15) is 67.1 Å². The van der Waals surface area contributed by atoms with Crippen molar-refractivity contribution in [3.63, 3.8) is 0 Å². The fraction of sp³-hybridized carbons (Fsp3) is 0.444. The van der Waals surface area contributed by atoms with E-state index < -0.39 is 53.1 Å². The first kappa shape index (κ1) is 29.4. The van der Waals surface area contributed by atoms with Gasteiger partial charge in [0.25, 0.3) is 5.91 Å². The Morgan fingerprint density at radius 2 is 1.71 bits per heavy atom. The average molecular weight is 549 g/mol. The summed E-state index contributed by atoms with van der Waals surface area (Å²) in [6, 6.07) is 12.0. The van der Waals surface area contributed by atoms with Crippen LogP contribution in [0.5, 0.6) is 5.75 Å². The SMILES string of the molecule is CCCC[C@]1(CC)CS(O)(O)c2cc(C(=O)N(CC(=O)O)CC(=O)O)c(OC)cc2[C@@H](c2ccccc2)N1. The topological polar surface area (TPSA) is 157 Å². The summed E-state index contributed by atoms with van der Waals surface area (Å²) in [7, 11) is -2.10. The van der Waals surface area contributed by atoms with Crippen molar-refractivity contribution < 1.29 is 38.4 Å². The van der Waals surface area contributed by atoms with E-state index in [1.54, 1.807) is 6.07 Å². The molecule has 1 aliphatic heterocycles. The number of rotatable bonds is 11. The molecule has 10 nitrogen and oxygen atoms in total. The monoisotopic (exact) mass is 548 g/mol. The second kappa shape index (κ2) is 12.2. The molecule has 0 bridgehead atoms. The van der Waals surface area contributed by atoms with Crippen LogP contribution in [0.25, 0.3) is 0 Å². The molecule has 0 saturated heterocycles. The lowest BCUT2D eigenvalue weighted by molar-refractivity contribution is -0.140. The van der Waals surface area contributed by atoms with Gasteiger partial charge in [-0.15, -0.1) is 0 Å². The highest BCUT2D eigenvalue weighted by molar-refractivity contribution is 8.24. The van der Waals surface area contributed by atoms with Crippen LogP contribution in [-0.4, -0.2) is 73.6 Å². The van der Waals surface area contributed by atoms with Crippen molar-refractivity contribution in [3.05, 3.63) is 59.2 Å². The highest BCUT2D eigenvalue weighted by Gasteiger charge is 2.43. The molecule has 1 heterocycles. The molecular weight excluding hydrogens is 512 g/mol. The molecule has 0 aromatic heterocycles. The summed E-state index contributed by atoms with van der Waals surface area (Å²) in [6.45, 7) is 2.39. The lowest BCUT2D eigenvalue weighted by Crippen LogP contribution is -2.49. The predicted octanol–water partition coefficient (Wildman–Crippen LogP) is 4.45. The van der Waals surface area contributed by atoms with Crippen LogP contribution >= 0.6 is 10.6 Å². The quantitative estimate of drug-likeness (QED) is 0.274. The van der Waals surface area contributed by atoms with Gasteiger partial charge in [-0.05, 0) is 30.5 Å². The Morgan fingerprint density at radius 1 is 1.08 bits per heavy atom. The number of fused-ring (bicyclic) bond motifs is 1.